The summed E-state index contributed by atoms with van der Waals surface area (Å²) in [5.41, 5.74) is -1.71. The molecule has 0 bridgehead atoms. The fourth-order valence-electron chi connectivity index (χ4n) is 2.42. The van der Waals surface area contributed by atoms with E-state index in [9.17, 15) is 23.5 Å². The molecule has 1 aromatic carbocycles. The van der Waals surface area contributed by atoms with Crippen molar-refractivity contribution in [2.24, 2.45) is 0 Å². The lowest BCUT2D eigenvalue weighted by molar-refractivity contribution is -0.163. The predicted octanol–water partition coefficient (Wildman–Crippen LogP) is 1.92. The van der Waals surface area contributed by atoms with Gasteiger partial charge in [-0.15, -0.1) is 0 Å². The van der Waals surface area contributed by atoms with Crippen molar-refractivity contribution in [2.45, 2.75) is 25.9 Å². The zero-order valence-corrected chi connectivity index (χ0v) is 13.8. The van der Waals surface area contributed by atoms with Crippen molar-refractivity contribution in [1.82, 2.24) is 10.0 Å². The van der Waals surface area contributed by atoms with Gasteiger partial charge in [-0.1, -0.05) is 12.1 Å². The number of likely N-dealkylation sites (N-methyl/N-ethyl adjacent to an activating group) is 1. The van der Waals surface area contributed by atoms with E-state index >= 15 is 0 Å². The van der Waals surface area contributed by atoms with E-state index in [1.165, 1.54) is 24.2 Å². The molecule has 0 saturated heterocycles. The minimum absolute atomic E-state index is 0.0587. The number of esters is 1. The number of benzene rings is 1. The maximum Gasteiger partial charge on any atom is 0.347 e. The van der Waals surface area contributed by atoms with E-state index in [1.54, 1.807) is 13.8 Å². The minimum Gasteiger partial charge on any atom is -0.509 e. The number of methoxy groups -OCH3 is 1. The molecule has 0 aromatic heterocycles. The van der Waals surface area contributed by atoms with Crippen LogP contribution in [0, 0.1) is 11.6 Å². The predicted molar refractivity (Wildman–Crippen MR) is 80.4 cm³/mol. The van der Waals surface area contributed by atoms with Crippen molar-refractivity contribution in [3.05, 3.63) is 46.7 Å². The van der Waals surface area contributed by atoms with Gasteiger partial charge in [-0.2, -0.15) is 0 Å². The molecule has 0 saturated carbocycles. The average Bonchev–Trinajstić information content (AvgIpc) is 2.54. The summed E-state index contributed by atoms with van der Waals surface area (Å²) in [6, 6.07) is 3.63. The van der Waals surface area contributed by atoms with Crippen LogP contribution in [0.15, 0.2) is 29.5 Å². The van der Waals surface area contributed by atoms with E-state index in [-0.39, 0.29) is 12.1 Å². The third-order valence-electron chi connectivity index (χ3n) is 4.18. The number of rotatable bonds is 3. The van der Waals surface area contributed by atoms with Crippen LogP contribution in [-0.4, -0.2) is 46.7 Å². The van der Waals surface area contributed by atoms with E-state index in [4.69, 9.17) is 0 Å². The molecule has 0 spiro atoms. The van der Waals surface area contributed by atoms with Crippen LogP contribution in [0.4, 0.5) is 8.78 Å². The van der Waals surface area contributed by atoms with Crippen molar-refractivity contribution in [3.63, 3.8) is 0 Å². The number of nitrogens with zero attached hydrogens (tertiary/aromatic N) is 2. The van der Waals surface area contributed by atoms with Crippen LogP contribution in [0.3, 0.4) is 0 Å². The fourth-order valence-corrected chi connectivity index (χ4v) is 2.42. The fraction of sp³-hybridized carbons (Fsp3) is 0.375. The van der Waals surface area contributed by atoms with Gasteiger partial charge >= 0.3 is 5.97 Å². The van der Waals surface area contributed by atoms with Gasteiger partial charge in [-0.3, -0.25) is 9.80 Å². The molecule has 1 heterocycles. The first-order valence-corrected chi connectivity index (χ1v) is 7.13. The molecule has 1 aromatic rings. The van der Waals surface area contributed by atoms with Crippen LogP contribution in [0.2, 0.25) is 0 Å². The highest BCUT2D eigenvalue weighted by Crippen LogP contribution is 2.33. The summed E-state index contributed by atoms with van der Waals surface area (Å²) in [5.74, 6) is -4.41. The SMILES string of the molecule is COC(=O)C1=C(O)C(C)(C)N(C)N(Cc2cccc(F)c2F)C1=O. The van der Waals surface area contributed by atoms with Crippen molar-refractivity contribution >= 4 is 11.9 Å². The molecule has 0 aliphatic carbocycles. The van der Waals surface area contributed by atoms with Crippen molar-refractivity contribution < 1.29 is 28.2 Å². The molecular weight excluding hydrogens is 322 g/mol. The van der Waals surface area contributed by atoms with Gasteiger partial charge in [0.2, 0.25) is 0 Å². The van der Waals surface area contributed by atoms with Crippen LogP contribution < -0.4 is 0 Å². The highest BCUT2D eigenvalue weighted by atomic mass is 19.2. The Hall–Kier alpha value is -2.48. The van der Waals surface area contributed by atoms with E-state index in [1.807, 2.05) is 0 Å². The Morgan fingerprint density at radius 2 is 1.96 bits per heavy atom. The number of carbonyl (C=O) groups is 2. The third-order valence-corrected chi connectivity index (χ3v) is 4.18. The van der Waals surface area contributed by atoms with Crippen LogP contribution in [0.25, 0.3) is 0 Å². The molecule has 2 rings (SSSR count). The Bertz CT molecular complexity index is 731. The normalized spacial score (nSPS) is 18.1. The Morgan fingerprint density at radius 3 is 2.54 bits per heavy atom. The highest BCUT2D eigenvalue weighted by Gasteiger charge is 2.46. The third kappa shape index (κ3) is 2.73. The quantitative estimate of drug-likeness (QED) is 0.672. The van der Waals surface area contributed by atoms with Crippen LogP contribution in [0.5, 0.6) is 0 Å². The Balaban J connectivity index is 2.49. The van der Waals surface area contributed by atoms with E-state index < -0.39 is 40.4 Å². The summed E-state index contributed by atoms with van der Waals surface area (Å²) in [6.45, 7) is 2.84. The Morgan fingerprint density at radius 1 is 1.33 bits per heavy atom. The number of aliphatic hydroxyl groups excluding tert-OH is 1. The zero-order chi connectivity index (χ0) is 18.2. The number of carbonyl (C=O) groups excluding carboxylic acids is 2. The van der Waals surface area contributed by atoms with Crippen LogP contribution in [0.1, 0.15) is 19.4 Å². The standard InChI is InChI=1S/C16H18F2N2O4/c1-16(2)13(21)11(15(23)24-4)14(22)20(19(16)3)8-9-6-5-7-10(17)12(9)18/h5-7,21H,8H2,1-4H3. The minimum atomic E-state index is -1.12. The first-order valence-electron chi connectivity index (χ1n) is 7.13. The number of ether oxygens (including phenoxy) is 1. The molecule has 6 nitrogen and oxygen atoms in total. The summed E-state index contributed by atoms with van der Waals surface area (Å²) >= 11 is 0. The lowest BCUT2D eigenvalue weighted by Crippen LogP contribution is -2.60. The first-order chi connectivity index (χ1) is 11.1. The van der Waals surface area contributed by atoms with Gasteiger partial charge < -0.3 is 9.84 Å². The van der Waals surface area contributed by atoms with Gasteiger partial charge in [0.05, 0.1) is 19.2 Å². The second kappa shape index (κ2) is 6.20. The molecule has 1 amide bonds. The Labute approximate surface area is 137 Å². The average molecular weight is 340 g/mol. The van der Waals surface area contributed by atoms with Gasteiger partial charge in [0.25, 0.3) is 5.91 Å². The topological polar surface area (TPSA) is 70.1 Å². The molecule has 24 heavy (non-hydrogen) atoms. The molecule has 1 N–H and O–H groups in total. The van der Waals surface area contributed by atoms with Crippen molar-refractivity contribution in [3.8, 4) is 0 Å². The molecule has 0 fully saturated rings. The second-order valence-corrected chi connectivity index (χ2v) is 5.87. The number of hydrogen-bond donors (Lipinski definition) is 1. The molecule has 0 unspecified atom stereocenters. The summed E-state index contributed by atoms with van der Waals surface area (Å²) in [6.07, 6.45) is 0. The van der Waals surface area contributed by atoms with E-state index in [2.05, 4.69) is 4.74 Å². The molecule has 1 aliphatic rings. The summed E-state index contributed by atoms with van der Waals surface area (Å²) in [5, 5.41) is 12.7. The largest absolute Gasteiger partial charge is 0.509 e. The van der Waals surface area contributed by atoms with Gasteiger partial charge in [-0.05, 0) is 19.9 Å². The molecule has 1 aliphatic heterocycles. The van der Waals surface area contributed by atoms with Crippen molar-refractivity contribution in [2.75, 3.05) is 14.2 Å². The van der Waals surface area contributed by atoms with Crippen molar-refractivity contribution in [1.29, 1.82) is 0 Å². The summed E-state index contributed by atoms with van der Waals surface area (Å²) in [4.78, 5) is 24.4. The lowest BCUT2D eigenvalue weighted by atomic mass is 9.94. The second-order valence-electron chi connectivity index (χ2n) is 5.87. The number of halogens is 2. The summed E-state index contributed by atoms with van der Waals surface area (Å²) < 4.78 is 31.8. The van der Waals surface area contributed by atoms with Gasteiger partial charge in [0.15, 0.2) is 17.2 Å². The molecule has 8 heteroatoms. The number of aliphatic hydroxyl groups is 1. The lowest BCUT2D eigenvalue weighted by Gasteiger charge is -2.46. The van der Waals surface area contributed by atoms with E-state index in [0.717, 1.165) is 18.2 Å². The van der Waals surface area contributed by atoms with Crippen LogP contribution in [-0.2, 0) is 20.9 Å². The van der Waals surface area contributed by atoms with Gasteiger partial charge in [-0.25, -0.2) is 18.6 Å². The van der Waals surface area contributed by atoms with Crippen LogP contribution >= 0.6 is 0 Å². The van der Waals surface area contributed by atoms with Gasteiger partial charge in [0.1, 0.15) is 5.76 Å². The molecule has 0 atom stereocenters. The van der Waals surface area contributed by atoms with Gasteiger partial charge in [0, 0.05) is 12.6 Å². The number of hydrazine groups is 1. The maximum atomic E-state index is 13.9. The highest BCUT2D eigenvalue weighted by molar-refractivity contribution is 6.17. The molecule has 0 radical (unpaired) electrons. The summed E-state index contributed by atoms with van der Waals surface area (Å²) in [7, 11) is 2.58. The number of hydrogen-bond acceptors (Lipinski definition) is 5. The Kier molecular flexibility index (Phi) is 4.61. The molecular formula is C16H18F2N2O4. The maximum absolute atomic E-state index is 13.9. The monoisotopic (exact) mass is 340 g/mol. The number of amides is 1. The molecule has 130 valence electrons. The van der Waals surface area contributed by atoms with E-state index in [0.29, 0.717) is 0 Å². The first kappa shape index (κ1) is 17.9. The smallest absolute Gasteiger partial charge is 0.347 e. The zero-order valence-electron chi connectivity index (χ0n) is 13.8.